The van der Waals surface area contributed by atoms with Gasteiger partial charge < -0.3 is 19.7 Å². The summed E-state index contributed by atoms with van der Waals surface area (Å²) in [7, 11) is 1.59. The van der Waals surface area contributed by atoms with Crippen molar-refractivity contribution in [2.45, 2.75) is 76.6 Å². The number of ether oxygens (including phenoxy) is 2. The molecule has 0 radical (unpaired) electrons. The zero-order valence-corrected chi connectivity index (χ0v) is 25.5. The van der Waals surface area contributed by atoms with Crippen LogP contribution in [-0.4, -0.2) is 54.3 Å². The molecule has 0 spiro atoms. The SMILES string of the molecule is COCCc1ccc(-c2ccc(C(=O)N3C4CCC3CC(NC(=O)OC(C)(C)C)C4)cc2-c2ccc(C#N)c(F)c2)c(F)c1. The van der Waals surface area contributed by atoms with E-state index < -0.39 is 23.3 Å². The van der Waals surface area contributed by atoms with Gasteiger partial charge >= 0.3 is 6.09 Å². The molecule has 7 nitrogen and oxygen atoms in total. The lowest BCUT2D eigenvalue weighted by Gasteiger charge is -2.39. The van der Waals surface area contributed by atoms with Crippen molar-refractivity contribution in [2.24, 2.45) is 0 Å². The van der Waals surface area contributed by atoms with Crippen LogP contribution in [-0.2, 0) is 15.9 Å². The Balaban J connectivity index is 1.46. The van der Waals surface area contributed by atoms with Gasteiger partial charge in [0.2, 0.25) is 0 Å². The molecule has 2 amide bonds. The Hall–Kier alpha value is -4.29. The number of nitrogens with zero attached hydrogens (tertiary/aromatic N) is 2. The molecule has 1 N–H and O–H groups in total. The number of methoxy groups -OCH3 is 1. The highest BCUT2D eigenvalue weighted by molar-refractivity contribution is 5.98. The van der Waals surface area contributed by atoms with Crippen molar-refractivity contribution in [1.82, 2.24) is 10.2 Å². The lowest BCUT2D eigenvalue weighted by molar-refractivity contribution is 0.0418. The molecule has 0 saturated carbocycles. The zero-order chi connectivity index (χ0) is 31.6. The number of benzene rings is 3. The number of piperidine rings is 1. The lowest BCUT2D eigenvalue weighted by atomic mass is 9.90. The maximum absolute atomic E-state index is 15.5. The topological polar surface area (TPSA) is 91.7 Å². The first-order valence-electron chi connectivity index (χ1n) is 14.9. The summed E-state index contributed by atoms with van der Waals surface area (Å²) < 4.78 is 40.8. The molecule has 2 heterocycles. The molecule has 2 bridgehead atoms. The molecule has 2 unspecified atom stereocenters. The molecule has 0 aromatic heterocycles. The van der Waals surface area contributed by atoms with Crippen LogP contribution in [0.4, 0.5) is 13.6 Å². The summed E-state index contributed by atoms with van der Waals surface area (Å²) >= 11 is 0. The van der Waals surface area contributed by atoms with Crippen molar-refractivity contribution in [1.29, 1.82) is 5.26 Å². The maximum atomic E-state index is 15.5. The van der Waals surface area contributed by atoms with Gasteiger partial charge in [-0.3, -0.25) is 4.79 Å². The van der Waals surface area contributed by atoms with Crippen molar-refractivity contribution < 1.29 is 27.8 Å². The third-order valence-corrected chi connectivity index (χ3v) is 8.27. The number of rotatable bonds is 7. The quantitative estimate of drug-likeness (QED) is 0.314. The molecule has 3 aromatic rings. The molecule has 9 heteroatoms. The summed E-state index contributed by atoms with van der Waals surface area (Å²) in [6.07, 6.45) is 2.99. The fourth-order valence-corrected chi connectivity index (χ4v) is 6.33. The van der Waals surface area contributed by atoms with Crippen LogP contribution in [0.5, 0.6) is 0 Å². The molecular weight excluding hydrogens is 564 g/mol. The molecule has 2 atom stereocenters. The van der Waals surface area contributed by atoms with Crippen molar-refractivity contribution >= 4 is 12.0 Å². The van der Waals surface area contributed by atoms with Gasteiger partial charge in [0.15, 0.2) is 0 Å². The lowest BCUT2D eigenvalue weighted by Crippen LogP contribution is -2.53. The van der Waals surface area contributed by atoms with Crippen LogP contribution in [0.15, 0.2) is 54.6 Å². The van der Waals surface area contributed by atoms with Gasteiger partial charge in [0.1, 0.15) is 23.3 Å². The van der Waals surface area contributed by atoms with E-state index in [0.717, 1.165) is 18.4 Å². The third-order valence-electron chi connectivity index (χ3n) is 8.27. The van der Waals surface area contributed by atoms with Gasteiger partial charge in [0.05, 0.1) is 12.2 Å². The van der Waals surface area contributed by atoms with E-state index in [-0.39, 0.29) is 29.6 Å². The number of alkyl carbamates (subject to hydrolysis) is 1. The number of amides is 2. The molecule has 2 saturated heterocycles. The van der Waals surface area contributed by atoms with Crippen LogP contribution < -0.4 is 5.32 Å². The molecule has 2 aliphatic heterocycles. The molecular formula is C35H37F2N3O4. The van der Waals surface area contributed by atoms with Crippen LogP contribution >= 0.6 is 0 Å². The molecule has 5 rings (SSSR count). The Morgan fingerprint density at radius 2 is 1.66 bits per heavy atom. The van der Waals surface area contributed by atoms with Gasteiger partial charge in [-0.15, -0.1) is 0 Å². The van der Waals surface area contributed by atoms with Crippen LogP contribution in [0.3, 0.4) is 0 Å². The standard InChI is InChI=1S/C35H37F2N3O4/c1-35(2,3)44-34(42)39-25-18-26-9-10-27(19-25)40(26)33(41)23-8-12-28(29-11-5-21(13-14-43-4)15-32(29)37)30(16-23)22-6-7-24(20-38)31(36)17-22/h5-8,11-12,15-17,25-27H,9-10,13-14,18-19H2,1-4H3,(H,39,42). The number of hydrogen-bond acceptors (Lipinski definition) is 5. The number of carbonyl (C=O) groups excluding carboxylic acids is 2. The Labute approximate surface area is 256 Å². The highest BCUT2D eigenvalue weighted by atomic mass is 19.1. The normalized spacial score (nSPS) is 19.4. The first-order valence-corrected chi connectivity index (χ1v) is 14.9. The van der Waals surface area contributed by atoms with E-state index in [2.05, 4.69) is 5.32 Å². The van der Waals surface area contributed by atoms with Gasteiger partial charge in [-0.25, -0.2) is 13.6 Å². The monoisotopic (exact) mass is 601 g/mol. The minimum Gasteiger partial charge on any atom is -0.444 e. The molecule has 0 aliphatic carbocycles. The molecule has 3 aromatic carbocycles. The first kappa shape index (κ1) is 31.1. The molecule has 2 fully saturated rings. The van der Waals surface area contributed by atoms with Crippen LogP contribution in [0.25, 0.3) is 22.3 Å². The second-order valence-corrected chi connectivity index (χ2v) is 12.5. The van der Waals surface area contributed by atoms with Gasteiger partial charge in [-0.05, 0) is 105 Å². The largest absolute Gasteiger partial charge is 0.444 e. The molecule has 44 heavy (non-hydrogen) atoms. The van der Waals surface area contributed by atoms with Gasteiger partial charge in [0.25, 0.3) is 5.91 Å². The number of fused-ring (bicyclic) bond motifs is 2. The highest BCUT2D eigenvalue weighted by Crippen LogP contribution is 2.39. The third kappa shape index (κ3) is 6.76. The smallest absolute Gasteiger partial charge is 0.407 e. The Morgan fingerprint density at radius 1 is 0.955 bits per heavy atom. The summed E-state index contributed by atoms with van der Waals surface area (Å²) in [6.45, 7) is 5.91. The minimum atomic E-state index is -0.694. The van der Waals surface area contributed by atoms with Crippen molar-refractivity contribution in [2.75, 3.05) is 13.7 Å². The summed E-state index contributed by atoms with van der Waals surface area (Å²) in [5.41, 5.74) is 2.22. The Kier molecular flexibility index (Phi) is 9.02. The second-order valence-electron chi connectivity index (χ2n) is 12.5. The van der Waals surface area contributed by atoms with Crippen molar-refractivity contribution in [3.05, 3.63) is 82.9 Å². The summed E-state index contributed by atoms with van der Waals surface area (Å²) in [5.74, 6) is -1.29. The zero-order valence-electron chi connectivity index (χ0n) is 25.5. The summed E-state index contributed by atoms with van der Waals surface area (Å²) in [6, 6.07) is 15.9. The average molecular weight is 602 g/mol. The summed E-state index contributed by atoms with van der Waals surface area (Å²) in [5, 5.41) is 12.2. The first-order chi connectivity index (χ1) is 21.0. The van der Waals surface area contributed by atoms with Crippen LogP contribution in [0.2, 0.25) is 0 Å². The van der Waals surface area contributed by atoms with E-state index in [1.54, 1.807) is 37.4 Å². The van der Waals surface area contributed by atoms with Gasteiger partial charge in [0, 0.05) is 36.4 Å². The van der Waals surface area contributed by atoms with Crippen LogP contribution in [0, 0.1) is 23.0 Å². The number of carbonyl (C=O) groups is 2. The fraction of sp³-hybridized carbons (Fsp3) is 0.400. The fourth-order valence-electron chi connectivity index (χ4n) is 6.33. The Morgan fingerprint density at radius 3 is 2.27 bits per heavy atom. The maximum Gasteiger partial charge on any atom is 0.407 e. The van der Waals surface area contributed by atoms with Crippen molar-refractivity contribution in [3.8, 4) is 28.3 Å². The number of nitrogens with one attached hydrogen (secondary N) is 1. The van der Waals surface area contributed by atoms with Gasteiger partial charge in [-0.1, -0.05) is 24.3 Å². The second kappa shape index (κ2) is 12.7. The highest BCUT2D eigenvalue weighted by Gasteiger charge is 2.44. The van der Waals surface area contributed by atoms with Crippen molar-refractivity contribution in [3.63, 3.8) is 0 Å². The molecule has 230 valence electrons. The van der Waals surface area contributed by atoms with E-state index in [1.807, 2.05) is 37.8 Å². The predicted molar refractivity (Wildman–Crippen MR) is 163 cm³/mol. The summed E-state index contributed by atoms with van der Waals surface area (Å²) in [4.78, 5) is 28.3. The van der Waals surface area contributed by atoms with E-state index in [9.17, 15) is 19.2 Å². The number of halogens is 2. The molecule has 2 aliphatic rings. The minimum absolute atomic E-state index is 0.0474. The van der Waals surface area contributed by atoms with Crippen LogP contribution in [0.1, 0.15) is 67.9 Å². The van der Waals surface area contributed by atoms with Gasteiger partial charge in [-0.2, -0.15) is 5.26 Å². The average Bonchev–Trinajstić information content (AvgIpc) is 3.24. The van der Waals surface area contributed by atoms with E-state index in [0.29, 0.717) is 53.7 Å². The van der Waals surface area contributed by atoms with E-state index in [1.165, 1.54) is 18.2 Å². The number of hydrogen-bond donors (Lipinski definition) is 1. The number of nitriles is 1. The predicted octanol–water partition coefficient (Wildman–Crippen LogP) is 7.02. The van der Waals surface area contributed by atoms with E-state index in [4.69, 9.17) is 9.47 Å². The Bertz CT molecular complexity index is 1600. The van der Waals surface area contributed by atoms with E-state index >= 15 is 4.39 Å².